The number of nitrogens with zero attached hydrogens (tertiary/aromatic N) is 2. The van der Waals surface area contributed by atoms with Gasteiger partial charge in [-0.1, -0.05) is 6.07 Å². The largest absolute Gasteiger partial charge is 0.481 e. The van der Waals surface area contributed by atoms with Gasteiger partial charge in [0.2, 0.25) is 5.91 Å². The number of hydrogen-bond acceptors (Lipinski definition) is 4. The molecule has 1 aromatic rings. The SMILES string of the molecule is N#Cc1cccc(N2CC(=O)NCC(C(=O)O)C2)c1. The van der Waals surface area contributed by atoms with Crippen molar-refractivity contribution in [3.8, 4) is 6.07 Å². The fraction of sp³-hybridized carbons (Fsp3) is 0.308. The fourth-order valence-electron chi connectivity index (χ4n) is 2.00. The van der Waals surface area contributed by atoms with Gasteiger partial charge in [-0.25, -0.2) is 0 Å². The summed E-state index contributed by atoms with van der Waals surface area (Å²) in [6, 6.07) is 8.81. The molecule has 1 fully saturated rings. The molecular formula is C13H13N3O3. The molecule has 1 saturated heterocycles. The molecule has 0 radical (unpaired) electrons. The Morgan fingerprint density at radius 3 is 3.00 bits per heavy atom. The molecule has 1 heterocycles. The summed E-state index contributed by atoms with van der Waals surface area (Å²) in [6.07, 6.45) is 0. The number of carbonyl (C=O) groups excluding carboxylic acids is 1. The molecule has 1 amide bonds. The van der Waals surface area contributed by atoms with E-state index in [9.17, 15) is 9.59 Å². The predicted molar refractivity (Wildman–Crippen MR) is 67.5 cm³/mol. The minimum Gasteiger partial charge on any atom is -0.481 e. The van der Waals surface area contributed by atoms with Crippen molar-refractivity contribution >= 4 is 17.6 Å². The van der Waals surface area contributed by atoms with Crippen LogP contribution < -0.4 is 10.2 Å². The van der Waals surface area contributed by atoms with Crippen molar-refractivity contribution in [1.82, 2.24) is 5.32 Å². The van der Waals surface area contributed by atoms with Gasteiger partial charge in [-0.15, -0.1) is 0 Å². The lowest BCUT2D eigenvalue weighted by atomic mass is 10.1. The maximum absolute atomic E-state index is 11.6. The van der Waals surface area contributed by atoms with Crippen LogP contribution in [0.4, 0.5) is 5.69 Å². The first-order valence-corrected chi connectivity index (χ1v) is 5.85. The van der Waals surface area contributed by atoms with E-state index in [0.29, 0.717) is 11.3 Å². The molecule has 2 N–H and O–H groups in total. The second kappa shape index (κ2) is 5.40. The quantitative estimate of drug-likeness (QED) is 0.791. The maximum Gasteiger partial charge on any atom is 0.310 e. The van der Waals surface area contributed by atoms with E-state index in [1.807, 2.05) is 6.07 Å². The monoisotopic (exact) mass is 259 g/mol. The van der Waals surface area contributed by atoms with E-state index in [-0.39, 0.29) is 25.5 Å². The molecule has 0 spiro atoms. The number of hydrogen-bond donors (Lipinski definition) is 2. The van der Waals surface area contributed by atoms with E-state index in [2.05, 4.69) is 5.32 Å². The zero-order valence-electron chi connectivity index (χ0n) is 10.2. The van der Waals surface area contributed by atoms with Crippen molar-refractivity contribution in [2.75, 3.05) is 24.5 Å². The summed E-state index contributed by atoms with van der Waals surface area (Å²) in [5, 5.41) is 20.5. The van der Waals surface area contributed by atoms with Crippen molar-refractivity contribution in [2.45, 2.75) is 0 Å². The first kappa shape index (κ1) is 12.9. The zero-order valence-corrected chi connectivity index (χ0v) is 10.2. The number of benzene rings is 1. The third-order valence-corrected chi connectivity index (χ3v) is 3.01. The van der Waals surface area contributed by atoms with E-state index in [0.717, 1.165) is 0 Å². The highest BCUT2D eigenvalue weighted by Crippen LogP contribution is 2.18. The molecule has 1 aliphatic rings. The summed E-state index contributed by atoms with van der Waals surface area (Å²) >= 11 is 0. The lowest BCUT2D eigenvalue weighted by Crippen LogP contribution is -2.34. The van der Waals surface area contributed by atoms with Gasteiger partial charge in [-0.2, -0.15) is 5.26 Å². The highest BCUT2D eigenvalue weighted by Gasteiger charge is 2.26. The van der Waals surface area contributed by atoms with E-state index in [1.54, 1.807) is 29.2 Å². The van der Waals surface area contributed by atoms with Crippen LogP contribution in [-0.4, -0.2) is 36.6 Å². The van der Waals surface area contributed by atoms with Gasteiger partial charge in [-0.05, 0) is 18.2 Å². The molecule has 1 aliphatic heterocycles. The molecule has 1 aromatic carbocycles. The Morgan fingerprint density at radius 1 is 1.53 bits per heavy atom. The second-order valence-corrected chi connectivity index (χ2v) is 4.38. The number of nitrogens with one attached hydrogen (secondary N) is 1. The normalized spacial score (nSPS) is 19.2. The number of rotatable bonds is 2. The summed E-state index contributed by atoms with van der Waals surface area (Å²) in [5.74, 6) is -1.81. The molecular weight excluding hydrogens is 246 g/mol. The highest BCUT2D eigenvalue weighted by molar-refractivity contribution is 5.83. The second-order valence-electron chi connectivity index (χ2n) is 4.38. The topological polar surface area (TPSA) is 93.4 Å². The third-order valence-electron chi connectivity index (χ3n) is 3.01. The molecule has 0 bridgehead atoms. The lowest BCUT2D eigenvalue weighted by Gasteiger charge is -2.23. The smallest absolute Gasteiger partial charge is 0.310 e. The first-order chi connectivity index (χ1) is 9.10. The summed E-state index contributed by atoms with van der Waals surface area (Å²) in [4.78, 5) is 24.3. The van der Waals surface area contributed by atoms with Crippen LogP contribution in [0, 0.1) is 17.2 Å². The maximum atomic E-state index is 11.6. The molecule has 1 atom stereocenters. The van der Waals surface area contributed by atoms with Gasteiger partial charge in [0, 0.05) is 18.8 Å². The van der Waals surface area contributed by atoms with Gasteiger partial charge in [0.05, 0.1) is 24.1 Å². The van der Waals surface area contributed by atoms with Crippen LogP contribution >= 0.6 is 0 Å². The molecule has 0 aliphatic carbocycles. The Balaban J connectivity index is 2.27. The van der Waals surface area contributed by atoms with Gasteiger partial charge in [0.25, 0.3) is 0 Å². The number of nitriles is 1. The minimum atomic E-state index is -0.941. The van der Waals surface area contributed by atoms with Gasteiger partial charge in [0.1, 0.15) is 0 Å². The summed E-state index contributed by atoms with van der Waals surface area (Å²) in [5.41, 5.74) is 1.16. The van der Waals surface area contributed by atoms with Crippen molar-refractivity contribution < 1.29 is 14.7 Å². The number of carbonyl (C=O) groups is 2. The van der Waals surface area contributed by atoms with Crippen LogP contribution in [0.2, 0.25) is 0 Å². The number of aliphatic carboxylic acids is 1. The van der Waals surface area contributed by atoms with Crippen LogP contribution in [0.15, 0.2) is 24.3 Å². The number of amides is 1. The Kier molecular flexibility index (Phi) is 3.66. The fourth-order valence-corrected chi connectivity index (χ4v) is 2.00. The zero-order chi connectivity index (χ0) is 13.8. The Bertz CT molecular complexity index is 550. The predicted octanol–water partition coefficient (Wildman–Crippen LogP) is 0.195. The van der Waals surface area contributed by atoms with E-state index < -0.39 is 11.9 Å². The highest BCUT2D eigenvalue weighted by atomic mass is 16.4. The molecule has 19 heavy (non-hydrogen) atoms. The van der Waals surface area contributed by atoms with Gasteiger partial charge in [-0.3, -0.25) is 9.59 Å². The van der Waals surface area contributed by atoms with E-state index in [1.165, 1.54) is 0 Å². The molecule has 1 unspecified atom stereocenters. The average molecular weight is 259 g/mol. The Morgan fingerprint density at radius 2 is 2.32 bits per heavy atom. The van der Waals surface area contributed by atoms with Gasteiger partial charge >= 0.3 is 5.97 Å². The van der Waals surface area contributed by atoms with E-state index >= 15 is 0 Å². The number of carboxylic acids is 1. The molecule has 6 heteroatoms. The van der Waals surface area contributed by atoms with E-state index in [4.69, 9.17) is 10.4 Å². The van der Waals surface area contributed by atoms with Crippen LogP contribution in [0.5, 0.6) is 0 Å². The first-order valence-electron chi connectivity index (χ1n) is 5.85. The average Bonchev–Trinajstić information content (AvgIpc) is 2.61. The van der Waals surface area contributed by atoms with Crippen LogP contribution in [0.1, 0.15) is 5.56 Å². The van der Waals surface area contributed by atoms with Crippen LogP contribution in [0.3, 0.4) is 0 Å². The van der Waals surface area contributed by atoms with Crippen LogP contribution in [-0.2, 0) is 9.59 Å². The lowest BCUT2D eigenvalue weighted by molar-refractivity contribution is -0.141. The van der Waals surface area contributed by atoms with Crippen molar-refractivity contribution in [3.63, 3.8) is 0 Å². The Hall–Kier alpha value is -2.55. The van der Waals surface area contributed by atoms with Crippen molar-refractivity contribution in [2.24, 2.45) is 5.92 Å². The summed E-state index contributed by atoms with van der Waals surface area (Å²) in [7, 11) is 0. The Labute approximate surface area is 110 Å². The summed E-state index contributed by atoms with van der Waals surface area (Å²) < 4.78 is 0. The van der Waals surface area contributed by atoms with Gasteiger partial charge < -0.3 is 15.3 Å². The molecule has 98 valence electrons. The standard InChI is InChI=1S/C13H13N3O3/c14-5-9-2-1-3-11(4-9)16-7-10(13(18)19)6-15-12(17)8-16/h1-4,10H,6-8H2,(H,15,17)(H,18,19). The molecule has 2 rings (SSSR count). The number of anilines is 1. The molecule has 0 aromatic heterocycles. The van der Waals surface area contributed by atoms with Crippen LogP contribution in [0.25, 0.3) is 0 Å². The molecule has 0 saturated carbocycles. The third kappa shape index (κ3) is 3.01. The summed E-state index contributed by atoms with van der Waals surface area (Å²) in [6.45, 7) is 0.463. The minimum absolute atomic E-state index is 0.0959. The number of carboxylic acid groups (broad SMARTS) is 1. The van der Waals surface area contributed by atoms with Gasteiger partial charge in [0.15, 0.2) is 0 Å². The van der Waals surface area contributed by atoms with Crippen molar-refractivity contribution in [3.05, 3.63) is 29.8 Å². The molecule has 6 nitrogen and oxygen atoms in total. The van der Waals surface area contributed by atoms with Crippen molar-refractivity contribution in [1.29, 1.82) is 5.26 Å².